The second-order valence-corrected chi connectivity index (χ2v) is 4.91. The smallest absolute Gasteiger partial charge is 0.240 e. The summed E-state index contributed by atoms with van der Waals surface area (Å²) in [5.41, 5.74) is 12.1. The minimum absolute atomic E-state index is 0.0469. The van der Waals surface area contributed by atoms with E-state index < -0.39 is 11.9 Å². The number of carbonyl (C=O) groups excluding carboxylic acids is 2. The van der Waals surface area contributed by atoms with Crippen molar-refractivity contribution in [2.75, 3.05) is 0 Å². The maximum Gasteiger partial charge on any atom is 0.240 e. The van der Waals surface area contributed by atoms with Gasteiger partial charge in [0.1, 0.15) is 6.04 Å². The Morgan fingerprint density at radius 1 is 1.21 bits per heavy atom. The lowest BCUT2D eigenvalue weighted by atomic mass is 10.0. The van der Waals surface area contributed by atoms with Crippen molar-refractivity contribution >= 4 is 11.8 Å². The second kappa shape index (κ2) is 6.89. The summed E-state index contributed by atoms with van der Waals surface area (Å²) in [7, 11) is 0. The van der Waals surface area contributed by atoms with Gasteiger partial charge in [-0.1, -0.05) is 44.2 Å². The zero-order valence-corrected chi connectivity index (χ0v) is 11.3. The van der Waals surface area contributed by atoms with Gasteiger partial charge in [-0.05, 0) is 11.5 Å². The molecule has 0 aromatic heterocycles. The third kappa shape index (κ3) is 4.71. The standard InChI is InChI=1S/C14H21N3O2/c1-9(2)13(14(16)19)17-12(18)8-11(15)10-6-4-3-5-7-10/h3-7,9,11,13H,8,15H2,1-2H3,(H2,16,19)(H,17,18). The maximum atomic E-state index is 11.8. The number of rotatable bonds is 6. The molecule has 19 heavy (non-hydrogen) atoms. The van der Waals surface area contributed by atoms with Crippen LogP contribution in [0, 0.1) is 5.92 Å². The Kier molecular flexibility index (Phi) is 5.51. The molecule has 0 aliphatic heterocycles. The number of benzene rings is 1. The largest absolute Gasteiger partial charge is 0.368 e. The Hall–Kier alpha value is -1.88. The minimum Gasteiger partial charge on any atom is -0.368 e. The van der Waals surface area contributed by atoms with Gasteiger partial charge in [0.15, 0.2) is 0 Å². The molecule has 0 heterocycles. The topological polar surface area (TPSA) is 98.2 Å². The van der Waals surface area contributed by atoms with Crippen LogP contribution in [0.4, 0.5) is 0 Å². The van der Waals surface area contributed by atoms with Gasteiger partial charge >= 0.3 is 0 Å². The fraction of sp³-hybridized carbons (Fsp3) is 0.429. The maximum absolute atomic E-state index is 11.8. The van der Waals surface area contributed by atoms with Crippen LogP contribution in [0.2, 0.25) is 0 Å². The van der Waals surface area contributed by atoms with Crippen LogP contribution in [0.5, 0.6) is 0 Å². The first kappa shape index (κ1) is 15.2. The third-order valence-electron chi connectivity index (χ3n) is 2.92. The summed E-state index contributed by atoms with van der Waals surface area (Å²) in [4.78, 5) is 23.1. The highest BCUT2D eigenvalue weighted by Gasteiger charge is 2.22. The number of primary amides is 1. The molecule has 2 unspecified atom stereocenters. The van der Waals surface area contributed by atoms with Gasteiger partial charge in [0, 0.05) is 12.5 Å². The van der Waals surface area contributed by atoms with Crippen LogP contribution in [0.15, 0.2) is 30.3 Å². The lowest BCUT2D eigenvalue weighted by Crippen LogP contribution is -2.48. The number of amides is 2. The molecule has 0 saturated heterocycles. The molecule has 1 rings (SSSR count). The summed E-state index contributed by atoms with van der Waals surface area (Å²) in [6, 6.07) is 8.31. The second-order valence-electron chi connectivity index (χ2n) is 4.91. The van der Waals surface area contributed by atoms with Gasteiger partial charge in [-0.3, -0.25) is 9.59 Å². The van der Waals surface area contributed by atoms with Gasteiger partial charge in [-0.15, -0.1) is 0 Å². The Bertz CT molecular complexity index is 432. The highest BCUT2D eigenvalue weighted by Crippen LogP contribution is 2.13. The van der Waals surface area contributed by atoms with Crippen molar-refractivity contribution in [2.24, 2.45) is 17.4 Å². The van der Waals surface area contributed by atoms with E-state index in [4.69, 9.17) is 11.5 Å². The number of nitrogens with two attached hydrogens (primary N) is 2. The van der Waals surface area contributed by atoms with Crippen molar-refractivity contribution in [1.82, 2.24) is 5.32 Å². The Labute approximate surface area is 113 Å². The molecule has 1 aromatic carbocycles. The van der Waals surface area contributed by atoms with Crippen LogP contribution < -0.4 is 16.8 Å². The molecule has 5 nitrogen and oxygen atoms in total. The Morgan fingerprint density at radius 3 is 2.26 bits per heavy atom. The van der Waals surface area contributed by atoms with E-state index in [1.54, 1.807) is 0 Å². The van der Waals surface area contributed by atoms with E-state index in [1.165, 1.54) is 0 Å². The molecule has 1 aromatic rings. The third-order valence-corrected chi connectivity index (χ3v) is 2.92. The Morgan fingerprint density at radius 2 is 1.79 bits per heavy atom. The van der Waals surface area contributed by atoms with Gasteiger partial charge in [0.25, 0.3) is 0 Å². The van der Waals surface area contributed by atoms with Crippen molar-refractivity contribution in [1.29, 1.82) is 0 Å². The van der Waals surface area contributed by atoms with Crippen molar-refractivity contribution in [3.8, 4) is 0 Å². The molecular formula is C14H21N3O2. The van der Waals surface area contributed by atoms with Crippen LogP contribution in [0.3, 0.4) is 0 Å². The number of hydrogen-bond donors (Lipinski definition) is 3. The fourth-order valence-electron chi connectivity index (χ4n) is 1.82. The van der Waals surface area contributed by atoms with Crippen LogP contribution in [0.1, 0.15) is 31.9 Å². The van der Waals surface area contributed by atoms with E-state index in [0.717, 1.165) is 5.56 Å². The van der Waals surface area contributed by atoms with E-state index in [2.05, 4.69) is 5.32 Å². The molecule has 0 aliphatic rings. The lowest BCUT2D eigenvalue weighted by Gasteiger charge is -2.20. The zero-order chi connectivity index (χ0) is 14.4. The van der Waals surface area contributed by atoms with E-state index in [1.807, 2.05) is 44.2 Å². The van der Waals surface area contributed by atoms with Crippen LogP contribution in [0.25, 0.3) is 0 Å². The zero-order valence-electron chi connectivity index (χ0n) is 11.3. The molecule has 2 amide bonds. The summed E-state index contributed by atoms with van der Waals surface area (Å²) in [5, 5.41) is 2.62. The number of carbonyl (C=O) groups is 2. The first-order valence-electron chi connectivity index (χ1n) is 6.31. The molecule has 0 aliphatic carbocycles. The molecule has 0 saturated carbocycles. The van der Waals surface area contributed by atoms with Crippen molar-refractivity contribution in [2.45, 2.75) is 32.4 Å². The molecule has 5 heteroatoms. The van der Waals surface area contributed by atoms with Gasteiger partial charge in [0.2, 0.25) is 11.8 Å². The molecule has 2 atom stereocenters. The monoisotopic (exact) mass is 263 g/mol. The normalized spacial score (nSPS) is 13.9. The quantitative estimate of drug-likeness (QED) is 0.704. The van der Waals surface area contributed by atoms with Gasteiger partial charge in [0.05, 0.1) is 0 Å². The average Bonchev–Trinajstić information content (AvgIpc) is 2.36. The predicted octanol–water partition coefficient (Wildman–Crippen LogP) is 0.703. The average molecular weight is 263 g/mol. The summed E-state index contributed by atoms with van der Waals surface area (Å²) < 4.78 is 0. The van der Waals surface area contributed by atoms with Crippen molar-refractivity contribution in [3.63, 3.8) is 0 Å². The van der Waals surface area contributed by atoms with E-state index in [-0.39, 0.29) is 24.3 Å². The van der Waals surface area contributed by atoms with E-state index >= 15 is 0 Å². The number of nitrogens with one attached hydrogen (secondary N) is 1. The molecule has 0 spiro atoms. The highest BCUT2D eigenvalue weighted by molar-refractivity contribution is 5.87. The first-order chi connectivity index (χ1) is 8.91. The number of hydrogen-bond acceptors (Lipinski definition) is 3. The summed E-state index contributed by atoms with van der Waals surface area (Å²) in [6.45, 7) is 3.65. The molecule has 0 radical (unpaired) electrons. The summed E-state index contributed by atoms with van der Waals surface area (Å²) in [6.07, 6.45) is 0.126. The summed E-state index contributed by atoms with van der Waals surface area (Å²) in [5.74, 6) is -0.847. The minimum atomic E-state index is -0.657. The van der Waals surface area contributed by atoms with Gasteiger partial charge in [-0.2, -0.15) is 0 Å². The van der Waals surface area contributed by atoms with Gasteiger partial charge < -0.3 is 16.8 Å². The van der Waals surface area contributed by atoms with Crippen LogP contribution in [-0.4, -0.2) is 17.9 Å². The van der Waals surface area contributed by atoms with Crippen LogP contribution >= 0.6 is 0 Å². The molecule has 104 valence electrons. The fourth-order valence-corrected chi connectivity index (χ4v) is 1.82. The van der Waals surface area contributed by atoms with Crippen molar-refractivity contribution < 1.29 is 9.59 Å². The molecule has 0 bridgehead atoms. The highest BCUT2D eigenvalue weighted by atomic mass is 16.2. The van der Waals surface area contributed by atoms with E-state index in [9.17, 15) is 9.59 Å². The summed E-state index contributed by atoms with van der Waals surface area (Å²) >= 11 is 0. The predicted molar refractivity (Wildman–Crippen MR) is 74.0 cm³/mol. The first-order valence-corrected chi connectivity index (χ1v) is 6.31. The van der Waals surface area contributed by atoms with E-state index in [0.29, 0.717) is 0 Å². The lowest BCUT2D eigenvalue weighted by molar-refractivity contribution is -0.128. The molecular weight excluding hydrogens is 242 g/mol. The van der Waals surface area contributed by atoms with Crippen LogP contribution in [-0.2, 0) is 9.59 Å². The molecule has 0 fully saturated rings. The van der Waals surface area contributed by atoms with Crippen molar-refractivity contribution in [3.05, 3.63) is 35.9 Å². The molecule has 5 N–H and O–H groups in total. The SMILES string of the molecule is CC(C)C(NC(=O)CC(N)c1ccccc1)C(N)=O. The Balaban J connectivity index is 2.58. The van der Waals surface area contributed by atoms with Gasteiger partial charge in [-0.25, -0.2) is 0 Å².